The lowest BCUT2D eigenvalue weighted by molar-refractivity contribution is 0.0762. The molecule has 0 saturated heterocycles. The Kier molecular flexibility index (Phi) is 3.64. The maximum absolute atomic E-state index is 5.51. The minimum absolute atomic E-state index is 0.0698. The van der Waals surface area contributed by atoms with Crippen LogP contribution in [0.25, 0.3) is 11.3 Å². The van der Waals surface area contributed by atoms with E-state index < -0.39 is 0 Å². The second kappa shape index (κ2) is 5.18. The van der Waals surface area contributed by atoms with Crippen LogP contribution in [0.1, 0.15) is 25.0 Å². The third-order valence-electron chi connectivity index (χ3n) is 2.24. The summed E-state index contributed by atoms with van der Waals surface area (Å²) in [6.07, 6.45) is 3.66. The van der Waals surface area contributed by atoms with Gasteiger partial charge in [-0.25, -0.2) is 4.98 Å². The van der Waals surface area contributed by atoms with E-state index in [1.165, 1.54) is 0 Å². The topological polar surface area (TPSA) is 35.0 Å². The van der Waals surface area contributed by atoms with Gasteiger partial charge in [-0.15, -0.1) is 11.3 Å². The van der Waals surface area contributed by atoms with Gasteiger partial charge in [0.15, 0.2) is 0 Å². The van der Waals surface area contributed by atoms with Crippen LogP contribution >= 0.6 is 11.3 Å². The normalized spacial score (nSPS) is 12.6. The average Bonchev–Trinajstić information content (AvgIpc) is 2.80. The van der Waals surface area contributed by atoms with Crippen LogP contribution in [0.3, 0.4) is 0 Å². The van der Waals surface area contributed by atoms with Gasteiger partial charge in [-0.1, -0.05) is 0 Å². The van der Waals surface area contributed by atoms with Gasteiger partial charge >= 0.3 is 0 Å². The van der Waals surface area contributed by atoms with Crippen molar-refractivity contribution in [3.05, 3.63) is 34.9 Å². The molecule has 0 bridgehead atoms. The monoisotopic (exact) mass is 234 g/mol. The molecule has 0 aliphatic carbocycles. The molecule has 0 aliphatic rings. The Morgan fingerprint density at radius 1 is 1.50 bits per heavy atom. The third kappa shape index (κ3) is 2.46. The van der Waals surface area contributed by atoms with Crippen molar-refractivity contribution in [3.8, 4) is 11.3 Å². The van der Waals surface area contributed by atoms with E-state index in [0.717, 1.165) is 16.3 Å². The van der Waals surface area contributed by atoms with Gasteiger partial charge in [0.1, 0.15) is 11.1 Å². The molecule has 0 radical (unpaired) electrons. The third-order valence-corrected chi connectivity index (χ3v) is 3.25. The van der Waals surface area contributed by atoms with Crippen LogP contribution in [0.4, 0.5) is 0 Å². The molecule has 0 fully saturated rings. The summed E-state index contributed by atoms with van der Waals surface area (Å²) in [6, 6.07) is 3.93. The van der Waals surface area contributed by atoms with E-state index in [0.29, 0.717) is 6.61 Å². The Labute approximate surface area is 99.1 Å². The number of thiazole rings is 1. The van der Waals surface area contributed by atoms with Gasteiger partial charge in [0.2, 0.25) is 0 Å². The highest BCUT2D eigenvalue weighted by Gasteiger charge is 2.10. The fourth-order valence-corrected chi connectivity index (χ4v) is 2.27. The quantitative estimate of drug-likeness (QED) is 0.814. The van der Waals surface area contributed by atoms with Crippen molar-refractivity contribution in [2.75, 3.05) is 6.61 Å². The van der Waals surface area contributed by atoms with E-state index in [1.807, 2.05) is 37.6 Å². The van der Waals surface area contributed by atoms with Gasteiger partial charge in [0, 0.05) is 29.9 Å². The highest BCUT2D eigenvalue weighted by molar-refractivity contribution is 7.10. The minimum Gasteiger partial charge on any atom is -0.372 e. The van der Waals surface area contributed by atoms with E-state index in [-0.39, 0.29) is 6.10 Å². The highest BCUT2D eigenvalue weighted by Crippen LogP contribution is 2.26. The molecule has 2 rings (SSSR count). The minimum atomic E-state index is 0.0698. The molecule has 16 heavy (non-hydrogen) atoms. The maximum Gasteiger partial charge on any atom is 0.122 e. The number of hydrogen-bond donors (Lipinski definition) is 0. The number of nitrogens with zero attached hydrogens (tertiary/aromatic N) is 2. The van der Waals surface area contributed by atoms with Crippen LogP contribution in [-0.4, -0.2) is 16.6 Å². The lowest BCUT2D eigenvalue weighted by Crippen LogP contribution is -1.98. The molecule has 1 unspecified atom stereocenters. The maximum atomic E-state index is 5.51. The van der Waals surface area contributed by atoms with Gasteiger partial charge in [0.05, 0.1) is 5.69 Å². The number of hydrogen-bond acceptors (Lipinski definition) is 4. The van der Waals surface area contributed by atoms with Crippen molar-refractivity contribution in [1.82, 2.24) is 9.97 Å². The van der Waals surface area contributed by atoms with Crippen LogP contribution in [0.2, 0.25) is 0 Å². The van der Waals surface area contributed by atoms with E-state index >= 15 is 0 Å². The van der Waals surface area contributed by atoms with Gasteiger partial charge in [-0.2, -0.15) is 0 Å². The molecule has 0 aromatic carbocycles. The van der Waals surface area contributed by atoms with E-state index in [2.05, 4.69) is 9.97 Å². The van der Waals surface area contributed by atoms with Crippen LogP contribution in [0.5, 0.6) is 0 Å². The molecule has 0 aliphatic heterocycles. The van der Waals surface area contributed by atoms with Crippen molar-refractivity contribution in [2.24, 2.45) is 0 Å². The van der Waals surface area contributed by atoms with Crippen molar-refractivity contribution >= 4 is 11.3 Å². The first-order chi connectivity index (χ1) is 7.81. The molecule has 0 spiro atoms. The second-order valence-corrected chi connectivity index (χ2v) is 4.30. The molecule has 84 valence electrons. The molecule has 3 nitrogen and oxygen atoms in total. The Balaban J connectivity index is 2.20. The zero-order valence-electron chi connectivity index (χ0n) is 9.38. The Bertz CT molecular complexity index is 441. The molecular weight excluding hydrogens is 220 g/mol. The van der Waals surface area contributed by atoms with Crippen molar-refractivity contribution in [2.45, 2.75) is 20.0 Å². The molecule has 0 N–H and O–H groups in total. The summed E-state index contributed by atoms with van der Waals surface area (Å²) in [4.78, 5) is 8.64. The summed E-state index contributed by atoms with van der Waals surface area (Å²) in [5.74, 6) is 0. The molecule has 2 heterocycles. The fraction of sp³-hybridized carbons (Fsp3) is 0.333. The number of rotatable bonds is 4. The summed E-state index contributed by atoms with van der Waals surface area (Å²) in [5.41, 5.74) is 2.02. The molecular formula is C12H14N2OS. The molecule has 4 heteroatoms. The van der Waals surface area contributed by atoms with E-state index in [9.17, 15) is 0 Å². The number of aromatic nitrogens is 2. The zero-order chi connectivity index (χ0) is 11.4. The van der Waals surface area contributed by atoms with Crippen LogP contribution in [-0.2, 0) is 4.74 Å². The van der Waals surface area contributed by atoms with Gasteiger partial charge in [-0.3, -0.25) is 4.98 Å². The predicted octanol–water partition coefficient (Wildman–Crippen LogP) is 3.30. The highest BCUT2D eigenvalue weighted by atomic mass is 32.1. The first-order valence-electron chi connectivity index (χ1n) is 5.28. The largest absolute Gasteiger partial charge is 0.372 e. The molecule has 1 atom stereocenters. The lowest BCUT2D eigenvalue weighted by Gasteiger charge is -2.06. The zero-order valence-corrected chi connectivity index (χ0v) is 10.2. The Morgan fingerprint density at radius 2 is 2.38 bits per heavy atom. The Morgan fingerprint density at radius 3 is 3.06 bits per heavy atom. The summed E-state index contributed by atoms with van der Waals surface area (Å²) >= 11 is 1.63. The Hall–Kier alpha value is -1.26. The van der Waals surface area contributed by atoms with Crippen LogP contribution < -0.4 is 0 Å². The van der Waals surface area contributed by atoms with Crippen LogP contribution in [0, 0.1) is 0 Å². The second-order valence-electron chi connectivity index (χ2n) is 3.41. The van der Waals surface area contributed by atoms with Crippen LogP contribution in [0.15, 0.2) is 29.9 Å². The average molecular weight is 234 g/mol. The lowest BCUT2D eigenvalue weighted by atomic mass is 10.2. The van der Waals surface area contributed by atoms with Gasteiger partial charge in [-0.05, 0) is 26.0 Å². The van der Waals surface area contributed by atoms with E-state index in [4.69, 9.17) is 4.74 Å². The molecule has 0 saturated carbocycles. The van der Waals surface area contributed by atoms with Crippen molar-refractivity contribution < 1.29 is 4.74 Å². The van der Waals surface area contributed by atoms with Gasteiger partial charge in [0.25, 0.3) is 0 Å². The summed E-state index contributed by atoms with van der Waals surface area (Å²) in [7, 11) is 0. The first kappa shape index (κ1) is 11.2. The summed E-state index contributed by atoms with van der Waals surface area (Å²) in [6.45, 7) is 4.73. The SMILES string of the molecule is CCOC(C)c1nc(-c2cccnc2)cs1. The van der Waals surface area contributed by atoms with E-state index in [1.54, 1.807) is 17.5 Å². The summed E-state index contributed by atoms with van der Waals surface area (Å²) < 4.78 is 5.51. The predicted molar refractivity (Wildman–Crippen MR) is 65.4 cm³/mol. The standard InChI is InChI=1S/C12H14N2OS/c1-3-15-9(2)12-14-11(8-16-12)10-5-4-6-13-7-10/h4-9H,3H2,1-2H3. The summed E-state index contributed by atoms with van der Waals surface area (Å²) in [5, 5.41) is 3.06. The molecule has 2 aromatic heterocycles. The fourth-order valence-electron chi connectivity index (χ4n) is 1.44. The smallest absolute Gasteiger partial charge is 0.122 e. The molecule has 0 amide bonds. The first-order valence-corrected chi connectivity index (χ1v) is 6.16. The van der Waals surface area contributed by atoms with Crippen molar-refractivity contribution in [3.63, 3.8) is 0 Å². The van der Waals surface area contributed by atoms with Gasteiger partial charge < -0.3 is 4.74 Å². The van der Waals surface area contributed by atoms with Crippen molar-refractivity contribution in [1.29, 1.82) is 0 Å². The molecule has 2 aromatic rings. The number of ether oxygens (including phenoxy) is 1. The number of pyridine rings is 1.